The number of nitrogens with zero attached hydrogens (tertiary/aromatic N) is 2. The Balaban J connectivity index is 1.44. The van der Waals surface area contributed by atoms with E-state index in [-0.39, 0.29) is 12.1 Å². The van der Waals surface area contributed by atoms with Gasteiger partial charge in [0.1, 0.15) is 5.82 Å². The number of pyridine rings is 2. The number of urea groups is 1. The molecule has 6 heteroatoms. The van der Waals surface area contributed by atoms with Gasteiger partial charge in [-0.05, 0) is 60.8 Å². The van der Waals surface area contributed by atoms with Crippen LogP contribution in [0, 0.1) is 5.92 Å². The van der Waals surface area contributed by atoms with Crippen LogP contribution in [0.15, 0.2) is 30.6 Å². The van der Waals surface area contributed by atoms with Gasteiger partial charge in [0.2, 0.25) is 5.88 Å². The zero-order chi connectivity index (χ0) is 17.2. The maximum Gasteiger partial charge on any atom is 0.320 e. The number of aromatic nitrogens is 2. The lowest BCUT2D eigenvalue weighted by Gasteiger charge is -2.19. The average molecular weight is 338 g/mol. The minimum absolute atomic E-state index is 0.0344. The number of anilines is 1. The van der Waals surface area contributed by atoms with Gasteiger partial charge in [-0.2, -0.15) is 0 Å². The van der Waals surface area contributed by atoms with E-state index in [1.54, 1.807) is 13.3 Å². The van der Waals surface area contributed by atoms with E-state index in [9.17, 15) is 4.79 Å². The lowest BCUT2D eigenvalue weighted by Crippen LogP contribution is -2.34. The van der Waals surface area contributed by atoms with Crippen molar-refractivity contribution in [3.8, 4) is 5.88 Å². The Morgan fingerprint density at radius 2 is 2.04 bits per heavy atom. The lowest BCUT2D eigenvalue weighted by atomic mass is 10.0. The van der Waals surface area contributed by atoms with Gasteiger partial charge in [-0.3, -0.25) is 5.32 Å². The normalized spacial score (nSPS) is 16.8. The molecule has 1 atom stereocenters. The highest BCUT2D eigenvalue weighted by molar-refractivity contribution is 5.88. The van der Waals surface area contributed by atoms with Crippen molar-refractivity contribution < 1.29 is 9.53 Å². The van der Waals surface area contributed by atoms with Crippen LogP contribution in [0.1, 0.15) is 42.0 Å². The van der Waals surface area contributed by atoms with Crippen LogP contribution in [0.2, 0.25) is 0 Å². The first kappa shape index (κ1) is 15.9. The Morgan fingerprint density at radius 3 is 2.76 bits per heavy atom. The number of rotatable bonds is 5. The third-order valence-corrected chi connectivity index (χ3v) is 4.92. The van der Waals surface area contributed by atoms with Crippen molar-refractivity contribution in [2.24, 2.45) is 5.92 Å². The molecule has 2 N–H and O–H groups in total. The van der Waals surface area contributed by atoms with Crippen LogP contribution < -0.4 is 15.4 Å². The molecule has 4 rings (SSSR count). The van der Waals surface area contributed by atoms with Gasteiger partial charge in [0.05, 0.1) is 13.2 Å². The summed E-state index contributed by atoms with van der Waals surface area (Å²) in [6.45, 7) is 0. The number of nitrogens with one attached hydrogen (secondary N) is 2. The van der Waals surface area contributed by atoms with E-state index in [2.05, 4.69) is 20.6 Å². The SMILES string of the molecule is COc1ccc(C(NC(=O)Nc2cc3c(cn2)CCC3)C2CC2)cn1. The second-order valence-corrected chi connectivity index (χ2v) is 6.74. The van der Waals surface area contributed by atoms with Gasteiger partial charge in [-0.15, -0.1) is 0 Å². The van der Waals surface area contributed by atoms with E-state index in [4.69, 9.17) is 4.74 Å². The van der Waals surface area contributed by atoms with Gasteiger partial charge in [0, 0.05) is 18.5 Å². The van der Waals surface area contributed by atoms with Crippen molar-refractivity contribution in [3.63, 3.8) is 0 Å². The van der Waals surface area contributed by atoms with E-state index in [0.717, 1.165) is 31.2 Å². The summed E-state index contributed by atoms with van der Waals surface area (Å²) in [6.07, 6.45) is 9.21. The molecule has 1 unspecified atom stereocenters. The second-order valence-electron chi connectivity index (χ2n) is 6.74. The summed E-state index contributed by atoms with van der Waals surface area (Å²) < 4.78 is 5.10. The van der Waals surface area contributed by atoms with E-state index in [1.165, 1.54) is 17.5 Å². The fourth-order valence-electron chi connectivity index (χ4n) is 3.41. The molecule has 0 radical (unpaired) electrons. The van der Waals surface area contributed by atoms with Gasteiger partial charge in [-0.1, -0.05) is 6.07 Å². The van der Waals surface area contributed by atoms with Crippen molar-refractivity contribution >= 4 is 11.8 Å². The standard InChI is InChI=1S/C19H22N4O2/c1-25-17-8-7-15(11-21-17)18(12-5-6-12)23-19(24)22-16-9-13-3-2-4-14(13)10-20-16/h7-12,18H,2-6H2,1H3,(H2,20,22,23,24). The maximum atomic E-state index is 12.4. The number of hydrogen-bond acceptors (Lipinski definition) is 4. The van der Waals surface area contributed by atoms with Crippen molar-refractivity contribution in [3.05, 3.63) is 47.3 Å². The highest BCUT2D eigenvalue weighted by atomic mass is 16.5. The number of amides is 2. The van der Waals surface area contributed by atoms with Crippen LogP contribution in [0.25, 0.3) is 0 Å². The number of aryl methyl sites for hydroxylation is 2. The minimum atomic E-state index is -0.224. The van der Waals surface area contributed by atoms with Gasteiger partial charge in [0.25, 0.3) is 0 Å². The van der Waals surface area contributed by atoms with E-state index in [0.29, 0.717) is 17.6 Å². The lowest BCUT2D eigenvalue weighted by molar-refractivity contribution is 0.247. The maximum absolute atomic E-state index is 12.4. The predicted octanol–water partition coefficient (Wildman–Crippen LogP) is 3.25. The molecular formula is C19H22N4O2. The average Bonchev–Trinajstić information content (AvgIpc) is 3.37. The van der Waals surface area contributed by atoms with E-state index >= 15 is 0 Å². The van der Waals surface area contributed by atoms with E-state index < -0.39 is 0 Å². The van der Waals surface area contributed by atoms with Crippen LogP contribution in [0.5, 0.6) is 5.88 Å². The van der Waals surface area contributed by atoms with Crippen LogP contribution >= 0.6 is 0 Å². The molecule has 2 aliphatic carbocycles. The number of hydrogen-bond donors (Lipinski definition) is 2. The molecule has 0 aromatic carbocycles. The Bertz CT molecular complexity index is 771. The van der Waals surface area contributed by atoms with Crippen LogP contribution in [0.3, 0.4) is 0 Å². The summed E-state index contributed by atoms with van der Waals surface area (Å²) in [7, 11) is 1.59. The van der Waals surface area contributed by atoms with Crippen molar-refractivity contribution in [2.45, 2.75) is 38.1 Å². The predicted molar refractivity (Wildman–Crippen MR) is 94.7 cm³/mol. The first-order valence-corrected chi connectivity index (χ1v) is 8.78. The Labute approximate surface area is 147 Å². The van der Waals surface area contributed by atoms with Crippen LogP contribution in [0.4, 0.5) is 10.6 Å². The molecule has 0 spiro atoms. The highest BCUT2D eigenvalue weighted by Crippen LogP contribution is 2.41. The summed E-state index contributed by atoms with van der Waals surface area (Å²) in [5, 5.41) is 5.95. The molecule has 1 fully saturated rings. The Hall–Kier alpha value is -2.63. The fraction of sp³-hybridized carbons (Fsp3) is 0.421. The number of methoxy groups -OCH3 is 1. The minimum Gasteiger partial charge on any atom is -0.481 e. The molecule has 6 nitrogen and oxygen atoms in total. The quantitative estimate of drug-likeness (QED) is 0.877. The number of carbonyl (C=O) groups is 1. The first-order chi connectivity index (χ1) is 12.2. The third kappa shape index (κ3) is 3.57. The monoisotopic (exact) mass is 338 g/mol. The zero-order valence-corrected chi connectivity index (χ0v) is 14.3. The molecule has 2 aromatic rings. The van der Waals surface area contributed by atoms with Gasteiger partial charge in [-0.25, -0.2) is 14.8 Å². The van der Waals surface area contributed by atoms with Gasteiger partial charge < -0.3 is 10.1 Å². The Morgan fingerprint density at radius 1 is 1.20 bits per heavy atom. The smallest absolute Gasteiger partial charge is 0.320 e. The van der Waals surface area contributed by atoms with Crippen molar-refractivity contribution in [1.29, 1.82) is 0 Å². The van der Waals surface area contributed by atoms with E-state index in [1.807, 2.05) is 24.4 Å². The molecule has 0 aliphatic heterocycles. The second kappa shape index (κ2) is 6.70. The Kier molecular flexibility index (Phi) is 4.26. The van der Waals surface area contributed by atoms with Gasteiger partial charge in [0.15, 0.2) is 0 Å². The molecule has 2 aromatic heterocycles. The summed E-state index contributed by atoms with van der Waals surface area (Å²) in [5.41, 5.74) is 3.59. The number of ether oxygens (including phenoxy) is 1. The molecule has 2 heterocycles. The zero-order valence-electron chi connectivity index (χ0n) is 14.3. The van der Waals surface area contributed by atoms with Crippen LogP contribution in [-0.4, -0.2) is 23.1 Å². The number of fused-ring (bicyclic) bond motifs is 1. The summed E-state index contributed by atoms with van der Waals surface area (Å²) in [6, 6.07) is 5.52. The first-order valence-electron chi connectivity index (χ1n) is 8.78. The third-order valence-electron chi connectivity index (χ3n) is 4.92. The molecule has 0 bridgehead atoms. The molecule has 25 heavy (non-hydrogen) atoms. The molecule has 2 aliphatic rings. The summed E-state index contributed by atoms with van der Waals surface area (Å²) in [5.74, 6) is 1.65. The molecule has 130 valence electrons. The molecule has 1 saturated carbocycles. The molecular weight excluding hydrogens is 316 g/mol. The highest BCUT2D eigenvalue weighted by Gasteiger charge is 2.33. The number of carbonyl (C=O) groups excluding carboxylic acids is 1. The molecule has 0 saturated heterocycles. The largest absolute Gasteiger partial charge is 0.481 e. The van der Waals surface area contributed by atoms with Crippen molar-refractivity contribution in [2.75, 3.05) is 12.4 Å². The summed E-state index contributed by atoms with van der Waals surface area (Å²) in [4.78, 5) is 21.0. The van der Waals surface area contributed by atoms with Crippen molar-refractivity contribution in [1.82, 2.24) is 15.3 Å². The summed E-state index contributed by atoms with van der Waals surface area (Å²) >= 11 is 0. The van der Waals surface area contributed by atoms with Gasteiger partial charge >= 0.3 is 6.03 Å². The fourth-order valence-corrected chi connectivity index (χ4v) is 3.41. The topological polar surface area (TPSA) is 76.1 Å². The molecule has 2 amide bonds. The van der Waals surface area contributed by atoms with Crippen LogP contribution in [-0.2, 0) is 12.8 Å².